The summed E-state index contributed by atoms with van der Waals surface area (Å²) in [5.41, 5.74) is 1.14. The Hall–Kier alpha value is -1.57. The molecule has 3 heterocycles. The standard InChI is InChI=1S/C16H23N5OS/c1-3-22-13(2)16-19-14(12-23-16)11-20-6-8-21(9-7-20)15-10-17-4-5-18-15/h4-5,10,12-13H,3,6-9,11H2,1-2H3/t13-/m1/s1. The summed E-state index contributed by atoms with van der Waals surface area (Å²) < 4.78 is 5.61. The molecule has 0 bridgehead atoms. The highest BCUT2D eigenvalue weighted by Gasteiger charge is 2.19. The molecule has 0 spiro atoms. The lowest BCUT2D eigenvalue weighted by atomic mass is 10.3. The number of hydrogen-bond acceptors (Lipinski definition) is 7. The molecule has 0 radical (unpaired) electrons. The van der Waals surface area contributed by atoms with Crippen LogP contribution in [0.4, 0.5) is 5.82 Å². The van der Waals surface area contributed by atoms with Crippen LogP contribution in [0.3, 0.4) is 0 Å². The second-order valence-corrected chi connectivity index (χ2v) is 6.49. The summed E-state index contributed by atoms with van der Waals surface area (Å²) in [6, 6.07) is 0. The molecule has 23 heavy (non-hydrogen) atoms. The van der Waals surface area contributed by atoms with Crippen molar-refractivity contribution < 1.29 is 4.74 Å². The van der Waals surface area contributed by atoms with Gasteiger partial charge in [-0.05, 0) is 13.8 Å². The molecule has 0 unspecified atom stereocenters. The van der Waals surface area contributed by atoms with E-state index < -0.39 is 0 Å². The summed E-state index contributed by atoms with van der Waals surface area (Å²) in [6.07, 6.45) is 5.38. The van der Waals surface area contributed by atoms with Crippen LogP contribution in [0.15, 0.2) is 24.0 Å². The molecule has 0 aromatic carbocycles. The first-order valence-corrected chi connectivity index (χ1v) is 8.93. The van der Waals surface area contributed by atoms with Gasteiger partial charge < -0.3 is 9.64 Å². The van der Waals surface area contributed by atoms with Crippen molar-refractivity contribution in [3.63, 3.8) is 0 Å². The molecular formula is C16H23N5OS. The molecule has 1 aliphatic rings. The maximum atomic E-state index is 5.61. The molecule has 6 nitrogen and oxygen atoms in total. The number of rotatable bonds is 6. The molecule has 0 amide bonds. The molecule has 7 heteroatoms. The fraction of sp³-hybridized carbons (Fsp3) is 0.562. The maximum absolute atomic E-state index is 5.61. The largest absolute Gasteiger partial charge is 0.372 e. The lowest BCUT2D eigenvalue weighted by Gasteiger charge is -2.34. The van der Waals surface area contributed by atoms with Crippen molar-refractivity contribution in [3.8, 4) is 0 Å². The van der Waals surface area contributed by atoms with Crippen LogP contribution in [0.1, 0.15) is 30.7 Å². The number of piperazine rings is 1. The third kappa shape index (κ3) is 4.25. The Kier molecular flexibility index (Phi) is 5.53. The molecule has 2 aromatic heterocycles. The minimum absolute atomic E-state index is 0.0900. The maximum Gasteiger partial charge on any atom is 0.147 e. The highest BCUT2D eigenvalue weighted by atomic mass is 32.1. The van der Waals surface area contributed by atoms with Crippen LogP contribution in [0, 0.1) is 0 Å². The third-order valence-electron chi connectivity index (χ3n) is 3.97. The number of thiazole rings is 1. The molecule has 3 rings (SSSR count). The number of ether oxygens (including phenoxy) is 1. The SMILES string of the molecule is CCO[C@H](C)c1nc(CN2CCN(c3cnccn3)CC2)cs1. The molecule has 124 valence electrons. The van der Waals surface area contributed by atoms with Gasteiger partial charge >= 0.3 is 0 Å². The molecule has 1 aliphatic heterocycles. The number of nitrogens with zero attached hydrogens (tertiary/aromatic N) is 5. The zero-order valence-electron chi connectivity index (χ0n) is 13.7. The molecule has 0 saturated carbocycles. The van der Waals surface area contributed by atoms with Gasteiger partial charge in [0.1, 0.15) is 16.9 Å². The van der Waals surface area contributed by atoms with Crippen LogP contribution < -0.4 is 4.90 Å². The van der Waals surface area contributed by atoms with Crippen LogP contribution in [0.25, 0.3) is 0 Å². The van der Waals surface area contributed by atoms with Crippen molar-refractivity contribution in [2.75, 3.05) is 37.7 Å². The van der Waals surface area contributed by atoms with E-state index in [0.717, 1.165) is 55.9 Å². The van der Waals surface area contributed by atoms with Crippen molar-refractivity contribution in [1.29, 1.82) is 0 Å². The van der Waals surface area contributed by atoms with Crippen LogP contribution in [0.2, 0.25) is 0 Å². The number of aromatic nitrogens is 3. The summed E-state index contributed by atoms with van der Waals surface area (Å²) in [5, 5.41) is 3.22. The van der Waals surface area contributed by atoms with Gasteiger partial charge in [0.05, 0.1) is 11.9 Å². The van der Waals surface area contributed by atoms with Gasteiger partial charge in [-0.25, -0.2) is 9.97 Å². The van der Waals surface area contributed by atoms with Gasteiger partial charge in [0, 0.05) is 57.1 Å². The molecule has 1 fully saturated rings. The average Bonchev–Trinajstić information content (AvgIpc) is 3.05. The zero-order chi connectivity index (χ0) is 16.1. The van der Waals surface area contributed by atoms with Gasteiger partial charge in [-0.3, -0.25) is 9.88 Å². The fourth-order valence-corrected chi connectivity index (χ4v) is 3.54. The van der Waals surface area contributed by atoms with Crippen molar-refractivity contribution in [3.05, 3.63) is 34.7 Å². The van der Waals surface area contributed by atoms with E-state index in [0.29, 0.717) is 0 Å². The first-order valence-electron chi connectivity index (χ1n) is 8.05. The Balaban J connectivity index is 1.51. The van der Waals surface area contributed by atoms with Crippen LogP contribution in [-0.4, -0.2) is 52.6 Å². The molecule has 1 atom stereocenters. The second-order valence-electron chi connectivity index (χ2n) is 5.60. The Morgan fingerprint density at radius 3 is 2.78 bits per heavy atom. The summed E-state index contributed by atoms with van der Waals surface area (Å²) in [7, 11) is 0. The van der Waals surface area contributed by atoms with Gasteiger partial charge in [-0.2, -0.15) is 0 Å². The Morgan fingerprint density at radius 2 is 2.09 bits per heavy atom. The van der Waals surface area contributed by atoms with Gasteiger partial charge in [-0.1, -0.05) is 0 Å². The number of anilines is 1. The summed E-state index contributed by atoms with van der Waals surface area (Å²) in [4.78, 5) is 18.0. The fourth-order valence-electron chi connectivity index (χ4n) is 2.72. The zero-order valence-corrected chi connectivity index (χ0v) is 14.5. The summed E-state index contributed by atoms with van der Waals surface area (Å²) in [6.45, 7) is 9.70. The van der Waals surface area contributed by atoms with Gasteiger partial charge in [0.15, 0.2) is 0 Å². The molecule has 1 saturated heterocycles. The first-order chi connectivity index (χ1) is 11.3. The predicted molar refractivity (Wildman–Crippen MR) is 91.7 cm³/mol. The minimum atomic E-state index is 0.0900. The van der Waals surface area contributed by atoms with E-state index in [1.54, 1.807) is 23.7 Å². The highest BCUT2D eigenvalue weighted by Crippen LogP contribution is 2.22. The van der Waals surface area contributed by atoms with Gasteiger partial charge in [0.2, 0.25) is 0 Å². The highest BCUT2D eigenvalue weighted by molar-refractivity contribution is 7.09. The quantitative estimate of drug-likeness (QED) is 0.809. The first kappa shape index (κ1) is 16.3. The Morgan fingerprint density at radius 1 is 1.26 bits per heavy atom. The van der Waals surface area contributed by atoms with E-state index >= 15 is 0 Å². The normalized spacial score (nSPS) is 17.4. The Bertz CT molecular complexity index is 598. The second kappa shape index (κ2) is 7.81. The van der Waals surface area contributed by atoms with Crippen molar-refractivity contribution in [2.45, 2.75) is 26.5 Å². The summed E-state index contributed by atoms with van der Waals surface area (Å²) in [5.74, 6) is 0.966. The van der Waals surface area contributed by atoms with Crippen molar-refractivity contribution in [1.82, 2.24) is 19.9 Å². The molecule has 0 N–H and O–H groups in total. The topological polar surface area (TPSA) is 54.4 Å². The third-order valence-corrected chi connectivity index (χ3v) is 5.02. The number of hydrogen-bond donors (Lipinski definition) is 0. The molecule has 0 aliphatic carbocycles. The lowest BCUT2D eigenvalue weighted by Crippen LogP contribution is -2.46. The van der Waals surface area contributed by atoms with E-state index in [-0.39, 0.29) is 6.10 Å². The van der Waals surface area contributed by atoms with Gasteiger partial charge in [-0.15, -0.1) is 11.3 Å². The average molecular weight is 333 g/mol. The smallest absolute Gasteiger partial charge is 0.147 e. The molecule has 2 aromatic rings. The van der Waals surface area contributed by atoms with Gasteiger partial charge in [0.25, 0.3) is 0 Å². The Labute approximate surface area is 141 Å². The minimum Gasteiger partial charge on any atom is -0.372 e. The monoisotopic (exact) mass is 333 g/mol. The van der Waals surface area contributed by atoms with E-state index in [1.807, 2.05) is 13.1 Å². The van der Waals surface area contributed by atoms with E-state index in [4.69, 9.17) is 9.72 Å². The van der Waals surface area contributed by atoms with E-state index in [9.17, 15) is 0 Å². The van der Waals surface area contributed by atoms with E-state index in [2.05, 4.69) is 32.1 Å². The van der Waals surface area contributed by atoms with E-state index in [1.165, 1.54) is 0 Å². The lowest BCUT2D eigenvalue weighted by molar-refractivity contribution is 0.0760. The van der Waals surface area contributed by atoms with Crippen LogP contribution in [-0.2, 0) is 11.3 Å². The molecular weight excluding hydrogens is 310 g/mol. The predicted octanol–water partition coefficient (Wildman–Crippen LogP) is 2.35. The van der Waals surface area contributed by atoms with Crippen molar-refractivity contribution >= 4 is 17.2 Å². The van der Waals surface area contributed by atoms with Crippen LogP contribution in [0.5, 0.6) is 0 Å². The van der Waals surface area contributed by atoms with Crippen LogP contribution >= 0.6 is 11.3 Å². The summed E-state index contributed by atoms with van der Waals surface area (Å²) >= 11 is 1.69. The van der Waals surface area contributed by atoms with Crippen molar-refractivity contribution in [2.24, 2.45) is 0 Å².